The van der Waals surface area contributed by atoms with Crippen molar-refractivity contribution in [2.24, 2.45) is 5.73 Å². The maximum absolute atomic E-state index is 13.3. The van der Waals surface area contributed by atoms with Gasteiger partial charge in [-0.15, -0.1) is 0 Å². The lowest BCUT2D eigenvalue weighted by atomic mass is 9.91. The van der Waals surface area contributed by atoms with Crippen molar-refractivity contribution in [3.8, 4) is 11.1 Å². The molecule has 0 saturated carbocycles. The summed E-state index contributed by atoms with van der Waals surface area (Å²) in [7, 11) is 0. The van der Waals surface area contributed by atoms with Crippen molar-refractivity contribution in [2.45, 2.75) is 12.7 Å². The largest absolute Gasteiger partial charge is 0.417 e. The first-order chi connectivity index (χ1) is 9.88. The van der Waals surface area contributed by atoms with Gasteiger partial charge < -0.3 is 5.73 Å². The van der Waals surface area contributed by atoms with Gasteiger partial charge in [-0.3, -0.25) is 0 Å². The molecule has 0 heterocycles. The minimum absolute atomic E-state index is 0.00589. The first-order valence-electron chi connectivity index (χ1n) is 6.02. The third kappa shape index (κ3) is 3.26. The SMILES string of the molecule is NCc1cc(Cl)cc(C(F)(F)F)c1-c1ccccc1C=S. The Hall–Kier alpha value is -1.43. The molecular weight excluding hydrogens is 319 g/mol. The zero-order valence-electron chi connectivity index (χ0n) is 10.7. The Balaban J connectivity index is 2.86. The van der Waals surface area contributed by atoms with E-state index in [1.165, 1.54) is 11.4 Å². The van der Waals surface area contributed by atoms with Crippen molar-refractivity contribution in [1.82, 2.24) is 0 Å². The Bertz CT molecular complexity index is 683. The number of alkyl halides is 3. The number of halogens is 4. The molecule has 0 amide bonds. The molecular formula is C15H11ClF3NS. The molecule has 0 aliphatic carbocycles. The molecule has 1 nitrogen and oxygen atoms in total. The van der Waals surface area contributed by atoms with Gasteiger partial charge in [0.25, 0.3) is 0 Å². The molecule has 0 spiro atoms. The molecule has 2 aromatic rings. The van der Waals surface area contributed by atoms with Crippen LogP contribution in [0, 0.1) is 0 Å². The van der Waals surface area contributed by atoms with Crippen molar-refractivity contribution in [2.75, 3.05) is 0 Å². The van der Waals surface area contributed by atoms with Gasteiger partial charge in [-0.2, -0.15) is 13.2 Å². The molecule has 0 unspecified atom stereocenters. The van der Waals surface area contributed by atoms with Gasteiger partial charge in [-0.25, -0.2) is 0 Å². The van der Waals surface area contributed by atoms with Gasteiger partial charge in [0.1, 0.15) is 0 Å². The number of thiocarbonyl (C=S) groups is 1. The minimum atomic E-state index is -4.53. The number of hydrogen-bond donors (Lipinski definition) is 1. The average molecular weight is 330 g/mol. The normalized spacial score (nSPS) is 11.5. The summed E-state index contributed by atoms with van der Waals surface area (Å²) in [4.78, 5) is 0. The maximum Gasteiger partial charge on any atom is 0.417 e. The van der Waals surface area contributed by atoms with Gasteiger partial charge in [-0.05, 0) is 34.4 Å². The van der Waals surface area contributed by atoms with Crippen LogP contribution in [0.25, 0.3) is 11.1 Å². The van der Waals surface area contributed by atoms with Gasteiger partial charge >= 0.3 is 6.18 Å². The molecule has 0 aliphatic rings. The fourth-order valence-corrected chi connectivity index (χ4v) is 2.64. The number of benzene rings is 2. The van der Waals surface area contributed by atoms with Crippen LogP contribution in [0.2, 0.25) is 5.02 Å². The summed E-state index contributed by atoms with van der Waals surface area (Å²) >= 11 is 10.7. The predicted octanol–water partition coefficient (Wildman–Crippen LogP) is 4.83. The Morgan fingerprint density at radius 1 is 1.19 bits per heavy atom. The highest BCUT2D eigenvalue weighted by Gasteiger charge is 2.35. The highest BCUT2D eigenvalue weighted by Crippen LogP contribution is 2.41. The lowest BCUT2D eigenvalue weighted by Crippen LogP contribution is -2.11. The van der Waals surface area contributed by atoms with Gasteiger partial charge in [0.05, 0.1) is 5.56 Å². The monoisotopic (exact) mass is 329 g/mol. The van der Waals surface area contributed by atoms with Gasteiger partial charge in [-0.1, -0.05) is 48.1 Å². The predicted molar refractivity (Wildman–Crippen MR) is 82.5 cm³/mol. The zero-order chi connectivity index (χ0) is 15.6. The molecule has 110 valence electrons. The van der Waals surface area contributed by atoms with Crippen LogP contribution in [0.15, 0.2) is 36.4 Å². The van der Waals surface area contributed by atoms with E-state index < -0.39 is 11.7 Å². The summed E-state index contributed by atoms with van der Waals surface area (Å²) in [6, 6.07) is 9.00. The van der Waals surface area contributed by atoms with E-state index in [0.29, 0.717) is 16.7 Å². The zero-order valence-corrected chi connectivity index (χ0v) is 12.3. The van der Waals surface area contributed by atoms with Crippen molar-refractivity contribution in [1.29, 1.82) is 0 Å². The number of rotatable bonds is 3. The fourth-order valence-electron chi connectivity index (χ4n) is 2.19. The van der Waals surface area contributed by atoms with Crippen molar-refractivity contribution < 1.29 is 13.2 Å². The van der Waals surface area contributed by atoms with Crippen molar-refractivity contribution >= 4 is 29.2 Å². The van der Waals surface area contributed by atoms with E-state index in [2.05, 4.69) is 0 Å². The second-order valence-electron chi connectivity index (χ2n) is 4.39. The average Bonchev–Trinajstić information content (AvgIpc) is 2.45. The van der Waals surface area contributed by atoms with E-state index in [0.717, 1.165) is 6.07 Å². The van der Waals surface area contributed by atoms with Crippen LogP contribution >= 0.6 is 23.8 Å². The summed E-state index contributed by atoms with van der Waals surface area (Å²) in [6.07, 6.45) is -4.53. The standard InChI is InChI=1S/C15H11ClF3NS/c16-11-5-10(7-20)14(13(6-11)15(17,18)19)12-4-2-1-3-9(12)8-21/h1-6,8H,7,20H2. The summed E-state index contributed by atoms with van der Waals surface area (Å²) in [5.41, 5.74) is 6.10. The number of hydrogen-bond acceptors (Lipinski definition) is 2. The van der Waals surface area contributed by atoms with E-state index in [1.54, 1.807) is 24.3 Å². The topological polar surface area (TPSA) is 26.0 Å². The van der Waals surface area contributed by atoms with Gasteiger partial charge in [0.15, 0.2) is 0 Å². The van der Waals surface area contributed by atoms with Crippen LogP contribution in [-0.2, 0) is 12.7 Å². The Labute approximate surface area is 130 Å². The molecule has 6 heteroatoms. The van der Waals surface area contributed by atoms with Crippen LogP contribution in [0.5, 0.6) is 0 Å². The molecule has 0 fully saturated rings. The summed E-state index contributed by atoms with van der Waals surface area (Å²) < 4.78 is 40.0. The van der Waals surface area contributed by atoms with Gasteiger partial charge in [0.2, 0.25) is 0 Å². The molecule has 21 heavy (non-hydrogen) atoms. The van der Waals surface area contributed by atoms with E-state index in [4.69, 9.17) is 29.6 Å². The summed E-state index contributed by atoms with van der Waals surface area (Å²) in [5.74, 6) is 0. The lowest BCUT2D eigenvalue weighted by molar-refractivity contribution is -0.137. The van der Waals surface area contributed by atoms with Crippen LogP contribution in [-0.4, -0.2) is 5.37 Å². The highest BCUT2D eigenvalue weighted by molar-refractivity contribution is 7.79. The van der Waals surface area contributed by atoms with Crippen molar-refractivity contribution in [3.63, 3.8) is 0 Å². The third-order valence-corrected chi connectivity index (χ3v) is 3.54. The molecule has 2 aromatic carbocycles. The molecule has 0 bridgehead atoms. The Morgan fingerprint density at radius 3 is 2.43 bits per heavy atom. The highest BCUT2D eigenvalue weighted by atomic mass is 35.5. The molecule has 0 aliphatic heterocycles. The first-order valence-corrected chi connectivity index (χ1v) is 6.87. The first kappa shape index (κ1) is 15.9. The van der Waals surface area contributed by atoms with E-state index >= 15 is 0 Å². The van der Waals surface area contributed by atoms with E-state index in [9.17, 15) is 13.2 Å². The molecule has 0 aromatic heterocycles. The number of nitrogens with two attached hydrogens (primary N) is 1. The molecule has 0 saturated heterocycles. The van der Waals surface area contributed by atoms with Crippen LogP contribution in [0.3, 0.4) is 0 Å². The maximum atomic E-state index is 13.3. The summed E-state index contributed by atoms with van der Waals surface area (Å²) in [6.45, 7) is -0.0509. The van der Waals surface area contributed by atoms with E-state index in [1.807, 2.05) is 0 Å². The Kier molecular flexibility index (Phi) is 4.66. The molecule has 0 radical (unpaired) electrons. The van der Waals surface area contributed by atoms with Crippen LogP contribution < -0.4 is 5.73 Å². The lowest BCUT2D eigenvalue weighted by Gasteiger charge is -2.18. The van der Waals surface area contributed by atoms with Crippen LogP contribution in [0.1, 0.15) is 16.7 Å². The summed E-state index contributed by atoms with van der Waals surface area (Å²) in [5, 5.41) is 1.36. The van der Waals surface area contributed by atoms with Crippen molar-refractivity contribution in [3.05, 3.63) is 58.1 Å². The van der Waals surface area contributed by atoms with Crippen LogP contribution in [0.4, 0.5) is 13.2 Å². The smallest absolute Gasteiger partial charge is 0.326 e. The van der Waals surface area contributed by atoms with Gasteiger partial charge in [0, 0.05) is 16.9 Å². The quantitative estimate of drug-likeness (QED) is 0.816. The second kappa shape index (κ2) is 6.13. The Morgan fingerprint density at radius 2 is 1.86 bits per heavy atom. The third-order valence-electron chi connectivity index (χ3n) is 3.07. The molecule has 2 N–H and O–H groups in total. The molecule has 2 rings (SSSR count). The second-order valence-corrected chi connectivity index (χ2v) is 5.07. The van der Waals surface area contributed by atoms with E-state index in [-0.39, 0.29) is 17.1 Å². The minimum Gasteiger partial charge on any atom is -0.326 e. The fraction of sp³-hybridized carbons (Fsp3) is 0.133. The molecule has 0 atom stereocenters.